The van der Waals surface area contributed by atoms with Crippen LogP contribution in [0.1, 0.15) is 13.3 Å². The maximum Gasteiger partial charge on any atom is 0.254 e. The van der Waals surface area contributed by atoms with E-state index in [-0.39, 0.29) is 12.0 Å². The summed E-state index contributed by atoms with van der Waals surface area (Å²) in [5.41, 5.74) is 0. The van der Waals surface area contributed by atoms with Gasteiger partial charge in [-0.1, -0.05) is 19.9 Å². The molecule has 3 atom stereocenters. The molecule has 1 aliphatic rings. The summed E-state index contributed by atoms with van der Waals surface area (Å²) in [6.07, 6.45) is 7.47. The minimum Gasteiger partial charge on any atom is -0.334 e. The van der Waals surface area contributed by atoms with Crippen molar-refractivity contribution in [2.24, 2.45) is 5.92 Å². The minimum atomic E-state index is -1.06. The Morgan fingerprint density at radius 1 is 1.85 bits per heavy atom. The lowest BCUT2D eigenvalue weighted by molar-refractivity contribution is -0.0862. The van der Waals surface area contributed by atoms with Crippen LogP contribution in [0.4, 0.5) is 0 Å². The Morgan fingerprint density at radius 3 is 2.92 bits per heavy atom. The molecule has 3 unspecified atom stereocenters. The Bertz CT molecular complexity index is 229. The number of hydrogen-bond acceptors (Lipinski definition) is 2. The SMILES string of the molecule is [CH]C(CC)C1COC(C#C)(C=C)O1. The predicted octanol–water partition coefficient (Wildman–Crippen LogP) is 1.65. The van der Waals surface area contributed by atoms with Gasteiger partial charge in [-0.15, -0.1) is 6.42 Å². The largest absolute Gasteiger partial charge is 0.334 e. The summed E-state index contributed by atoms with van der Waals surface area (Å²) in [5, 5.41) is 0. The molecular formula is C11H14O2. The molecule has 0 amide bonds. The highest BCUT2D eigenvalue weighted by atomic mass is 16.7. The third-order valence-electron chi connectivity index (χ3n) is 2.21. The highest BCUT2D eigenvalue weighted by Gasteiger charge is 2.39. The van der Waals surface area contributed by atoms with E-state index in [1.807, 2.05) is 6.92 Å². The second kappa shape index (κ2) is 3.95. The Balaban J connectivity index is 2.63. The lowest BCUT2D eigenvalue weighted by atomic mass is 10.0. The molecule has 2 heteroatoms. The summed E-state index contributed by atoms with van der Waals surface area (Å²) < 4.78 is 10.8. The molecule has 0 N–H and O–H groups in total. The number of ether oxygens (including phenoxy) is 2. The van der Waals surface area contributed by atoms with E-state index in [1.54, 1.807) is 0 Å². The van der Waals surface area contributed by atoms with Crippen molar-refractivity contribution in [3.63, 3.8) is 0 Å². The minimum absolute atomic E-state index is 0.0322. The molecule has 0 bridgehead atoms. The maximum absolute atomic E-state index is 5.80. The number of terminal acetylenes is 1. The molecule has 0 aromatic heterocycles. The second-order valence-corrected chi connectivity index (χ2v) is 3.06. The van der Waals surface area contributed by atoms with Crippen LogP contribution >= 0.6 is 0 Å². The molecule has 0 aliphatic carbocycles. The number of rotatable bonds is 3. The highest BCUT2D eigenvalue weighted by Crippen LogP contribution is 2.28. The summed E-state index contributed by atoms with van der Waals surface area (Å²) in [6, 6.07) is 0. The quantitative estimate of drug-likeness (QED) is 0.483. The summed E-state index contributed by atoms with van der Waals surface area (Å²) >= 11 is 0. The van der Waals surface area contributed by atoms with Crippen LogP contribution in [0.25, 0.3) is 0 Å². The molecule has 2 radical (unpaired) electrons. The van der Waals surface area contributed by atoms with Crippen LogP contribution in [0.2, 0.25) is 0 Å². The molecule has 0 aromatic carbocycles. The molecule has 1 saturated heterocycles. The van der Waals surface area contributed by atoms with E-state index in [4.69, 9.17) is 22.8 Å². The first-order valence-electron chi connectivity index (χ1n) is 4.36. The Hall–Kier alpha value is -0.780. The third kappa shape index (κ3) is 1.93. The normalized spacial score (nSPS) is 35.3. The first-order valence-corrected chi connectivity index (χ1v) is 4.36. The van der Waals surface area contributed by atoms with E-state index < -0.39 is 5.79 Å². The van der Waals surface area contributed by atoms with Crippen LogP contribution in [-0.4, -0.2) is 18.5 Å². The molecule has 0 aromatic rings. The molecule has 0 spiro atoms. The average Bonchev–Trinajstić information content (AvgIpc) is 2.61. The lowest BCUT2D eigenvalue weighted by Crippen LogP contribution is -2.27. The van der Waals surface area contributed by atoms with Gasteiger partial charge in [-0.05, 0) is 24.8 Å². The van der Waals surface area contributed by atoms with E-state index in [0.29, 0.717) is 6.61 Å². The van der Waals surface area contributed by atoms with E-state index in [2.05, 4.69) is 12.5 Å². The van der Waals surface area contributed by atoms with Crippen molar-refractivity contribution < 1.29 is 9.47 Å². The molecule has 1 fully saturated rings. The van der Waals surface area contributed by atoms with E-state index in [9.17, 15) is 0 Å². The molecule has 2 nitrogen and oxygen atoms in total. The summed E-state index contributed by atoms with van der Waals surface area (Å²) in [6.45, 7) is 11.8. The third-order valence-corrected chi connectivity index (χ3v) is 2.21. The van der Waals surface area contributed by atoms with Gasteiger partial charge in [0.1, 0.15) is 0 Å². The molecule has 1 aliphatic heterocycles. The van der Waals surface area contributed by atoms with Gasteiger partial charge in [0.05, 0.1) is 12.7 Å². The topological polar surface area (TPSA) is 18.5 Å². The van der Waals surface area contributed by atoms with Crippen LogP contribution in [0, 0.1) is 25.2 Å². The van der Waals surface area contributed by atoms with Crippen molar-refractivity contribution >= 4 is 0 Å². The molecule has 0 saturated carbocycles. The van der Waals surface area contributed by atoms with Gasteiger partial charge < -0.3 is 9.47 Å². The van der Waals surface area contributed by atoms with Crippen LogP contribution in [-0.2, 0) is 9.47 Å². The zero-order chi connectivity index (χ0) is 9.90. The monoisotopic (exact) mass is 178 g/mol. The van der Waals surface area contributed by atoms with Gasteiger partial charge in [0, 0.05) is 0 Å². The van der Waals surface area contributed by atoms with Gasteiger partial charge in [-0.25, -0.2) is 0 Å². The molecule has 1 heterocycles. The fourth-order valence-corrected chi connectivity index (χ4v) is 1.21. The van der Waals surface area contributed by atoms with Crippen LogP contribution in [0.5, 0.6) is 0 Å². The van der Waals surface area contributed by atoms with Gasteiger partial charge in [0.2, 0.25) is 0 Å². The van der Waals surface area contributed by atoms with Crippen molar-refractivity contribution in [3.05, 3.63) is 19.6 Å². The molecular weight excluding hydrogens is 164 g/mol. The summed E-state index contributed by atoms with van der Waals surface area (Å²) in [5.74, 6) is 1.33. The van der Waals surface area contributed by atoms with Gasteiger partial charge in [-0.3, -0.25) is 0 Å². The van der Waals surface area contributed by atoms with Crippen LogP contribution in [0.15, 0.2) is 12.7 Å². The van der Waals surface area contributed by atoms with E-state index in [0.717, 1.165) is 6.42 Å². The van der Waals surface area contributed by atoms with Gasteiger partial charge in [0.25, 0.3) is 5.79 Å². The fourth-order valence-electron chi connectivity index (χ4n) is 1.21. The van der Waals surface area contributed by atoms with Crippen LogP contribution < -0.4 is 0 Å². The Kier molecular flexibility index (Phi) is 3.13. The van der Waals surface area contributed by atoms with Crippen molar-refractivity contribution in [2.45, 2.75) is 25.2 Å². The smallest absolute Gasteiger partial charge is 0.254 e. The van der Waals surface area contributed by atoms with Gasteiger partial charge >= 0.3 is 0 Å². The Labute approximate surface area is 79.9 Å². The van der Waals surface area contributed by atoms with Gasteiger partial charge in [0.15, 0.2) is 0 Å². The first-order chi connectivity index (χ1) is 6.17. The standard InChI is InChI=1S/C11H14O2/c1-5-9(4)10-8-12-11(6-2,7-3)13-10/h2,4,7,9-10H,3,5,8H2,1H3. The van der Waals surface area contributed by atoms with Crippen molar-refractivity contribution in [1.82, 2.24) is 0 Å². The predicted molar refractivity (Wildman–Crippen MR) is 50.7 cm³/mol. The van der Waals surface area contributed by atoms with E-state index in [1.165, 1.54) is 6.08 Å². The first kappa shape index (κ1) is 10.3. The zero-order valence-corrected chi connectivity index (χ0v) is 7.82. The van der Waals surface area contributed by atoms with Crippen LogP contribution in [0.3, 0.4) is 0 Å². The van der Waals surface area contributed by atoms with Crippen molar-refractivity contribution in [3.8, 4) is 12.3 Å². The van der Waals surface area contributed by atoms with Crippen molar-refractivity contribution in [1.29, 1.82) is 0 Å². The molecule has 1 rings (SSSR count). The average molecular weight is 178 g/mol. The van der Waals surface area contributed by atoms with Crippen molar-refractivity contribution in [2.75, 3.05) is 6.61 Å². The highest BCUT2D eigenvalue weighted by molar-refractivity contribution is 5.15. The number of hydrogen-bond donors (Lipinski definition) is 0. The summed E-state index contributed by atoms with van der Waals surface area (Å²) in [4.78, 5) is 0. The summed E-state index contributed by atoms with van der Waals surface area (Å²) in [7, 11) is 0. The van der Waals surface area contributed by atoms with E-state index >= 15 is 0 Å². The van der Waals surface area contributed by atoms with Gasteiger partial charge in [-0.2, -0.15) is 0 Å². The molecule has 70 valence electrons. The molecule has 13 heavy (non-hydrogen) atoms. The Morgan fingerprint density at radius 2 is 2.54 bits per heavy atom. The lowest BCUT2D eigenvalue weighted by Gasteiger charge is -2.19. The zero-order valence-electron chi connectivity index (χ0n) is 7.82. The maximum atomic E-state index is 5.80. The fraction of sp³-hybridized carbons (Fsp3) is 0.545. The second-order valence-electron chi connectivity index (χ2n) is 3.06.